The van der Waals surface area contributed by atoms with Gasteiger partial charge >= 0.3 is 0 Å². The number of hydrogen-bond donors (Lipinski definition) is 1. The fourth-order valence-corrected chi connectivity index (χ4v) is 2.61. The fraction of sp³-hybridized carbons (Fsp3) is 0.316. The molecule has 122 valence electrons. The SMILES string of the molecule is CC(CNC(=O)CCCOc1cccc(Br)c1)c1ccccc1. The Bertz CT molecular complexity index is 616. The van der Waals surface area contributed by atoms with Crippen LogP contribution in [0.15, 0.2) is 59.1 Å². The third-order valence-corrected chi connectivity index (χ3v) is 4.08. The lowest BCUT2D eigenvalue weighted by molar-refractivity contribution is -0.121. The molecule has 0 fully saturated rings. The maximum absolute atomic E-state index is 11.9. The van der Waals surface area contributed by atoms with Crippen LogP contribution in [-0.2, 0) is 4.79 Å². The highest BCUT2D eigenvalue weighted by Crippen LogP contribution is 2.18. The zero-order valence-electron chi connectivity index (χ0n) is 13.3. The number of benzene rings is 2. The lowest BCUT2D eigenvalue weighted by Crippen LogP contribution is -2.27. The normalized spacial score (nSPS) is 11.7. The summed E-state index contributed by atoms with van der Waals surface area (Å²) >= 11 is 3.40. The Labute approximate surface area is 146 Å². The van der Waals surface area contributed by atoms with Gasteiger partial charge < -0.3 is 10.1 Å². The van der Waals surface area contributed by atoms with E-state index in [1.165, 1.54) is 5.56 Å². The van der Waals surface area contributed by atoms with Crippen molar-refractivity contribution in [2.75, 3.05) is 13.2 Å². The zero-order valence-corrected chi connectivity index (χ0v) is 14.9. The molecule has 4 heteroatoms. The second-order valence-electron chi connectivity index (χ2n) is 5.53. The van der Waals surface area contributed by atoms with E-state index < -0.39 is 0 Å². The lowest BCUT2D eigenvalue weighted by atomic mass is 10.0. The smallest absolute Gasteiger partial charge is 0.220 e. The lowest BCUT2D eigenvalue weighted by Gasteiger charge is -2.13. The van der Waals surface area contributed by atoms with Crippen LogP contribution in [0.1, 0.15) is 31.2 Å². The molecule has 23 heavy (non-hydrogen) atoms. The first kappa shape index (κ1) is 17.5. The van der Waals surface area contributed by atoms with E-state index in [2.05, 4.69) is 40.3 Å². The summed E-state index contributed by atoms with van der Waals surface area (Å²) in [6.45, 7) is 3.32. The number of halogens is 1. The number of carbonyl (C=O) groups is 1. The van der Waals surface area contributed by atoms with Crippen LogP contribution in [0.4, 0.5) is 0 Å². The standard InChI is InChI=1S/C19H22BrNO2/c1-15(16-7-3-2-4-8-16)14-21-19(22)11-6-12-23-18-10-5-9-17(20)13-18/h2-5,7-10,13,15H,6,11-12,14H2,1H3,(H,21,22). The predicted octanol–water partition coefficient (Wildman–Crippen LogP) is 4.53. The van der Waals surface area contributed by atoms with Crippen LogP contribution < -0.4 is 10.1 Å². The van der Waals surface area contributed by atoms with E-state index in [1.54, 1.807) is 0 Å². The Morgan fingerprint density at radius 1 is 1.17 bits per heavy atom. The number of carbonyl (C=O) groups excluding carboxylic acids is 1. The van der Waals surface area contributed by atoms with Gasteiger partial charge in [-0.3, -0.25) is 4.79 Å². The molecule has 0 saturated heterocycles. The minimum absolute atomic E-state index is 0.0747. The summed E-state index contributed by atoms with van der Waals surface area (Å²) in [7, 11) is 0. The van der Waals surface area contributed by atoms with Crippen LogP contribution in [0.2, 0.25) is 0 Å². The largest absolute Gasteiger partial charge is 0.494 e. The molecule has 0 saturated carbocycles. The average molecular weight is 376 g/mol. The molecular weight excluding hydrogens is 354 g/mol. The van der Waals surface area contributed by atoms with Gasteiger partial charge in [0.05, 0.1) is 6.61 Å². The predicted molar refractivity (Wildman–Crippen MR) is 96.7 cm³/mol. The van der Waals surface area contributed by atoms with Gasteiger partial charge in [-0.15, -0.1) is 0 Å². The third kappa shape index (κ3) is 6.45. The van der Waals surface area contributed by atoms with Crippen molar-refractivity contribution < 1.29 is 9.53 Å². The van der Waals surface area contributed by atoms with E-state index in [-0.39, 0.29) is 5.91 Å². The maximum atomic E-state index is 11.9. The molecule has 0 bridgehead atoms. The molecule has 3 nitrogen and oxygen atoms in total. The molecule has 0 spiro atoms. The maximum Gasteiger partial charge on any atom is 0.220 e. The molecule has 0 heterocycles. The first-order valence-electron chi connectivity index (χ1n) is 7.85. The first-order chi connectivity index (χ1) is 11.1. The van der Waals surface area contributed by atoms with E-state index >= 15 is 0 Å². The average Bonchev–Trinajstić information content (AvgIpc) is 2.57. The molecule has 0 aliphatic heterocycles. The zero-order chi connectivity index (χ0) is 16.5. The summed E-state index contributed by atoms with van der Waals surface area (Å²) in [5.74, 6) is 1.21. The van der Waals surface area contributed by atoms with E-state index in [4.69, 9.17) is 4.74 Å². The van der Waals surface area contributed by atoms with E-state index in [9.17, 15) is 4.79 Å². The minimum atomic E-state index is 0.0747. The first-order valence-corrected chi connectivity index (χ1v) is 8.64. The molecule has 1 atom stereocenters. The van der Waals surface area contributed by atoms with Crippen LogP contribution >= 0.6 is 15.9 Å². The fourth-order valence-electron chi connectivity index (χ4n) is 2.23. The quantitative estimate of drug-likeness (QED) is 0.688. The molecule has 0 aromatic heterocycles. The van der Waals surface area contributed by atoms with E-state index in [0.717, 1.165) is 10.2 Å². The summed E-state index contributed by atoms with van der Waals surface area (Å²) in [4.78, 5) is 11.9. The van der Waals surface area contributed by atoms with Crippen LogP contribution in [0.25, 0.3) is 0 Å². The second kappa shape index (κ2) is 9.36. The topological polar surface area (TPSA) is 38.3 Å². The summed E-state index contributed by atoms with van der Waals surface area (Å²) in [6.07, 6.45) is 1.19. The summed E-state index contributed by atoms with van der Waals surface area (Å²) in [5, 5.41) is 2.99. The van der Waals surface area contributed by atoms with Gasteiger partial charge in [-0.25, -0.2) is 0 Å². The Morgan fingerprint density at radius 3 is 2.70 bits per heavy atom. The van der Waals surface area contributed by atoms with Gasteiger partial charge in [-0.2, -0.15) is 0 Å². The third-order valence-electron chi connectivity index (χ3n) is 3.59. The van der Waals surface area contributed by atoms with Gasteiger partial charge in [0.1, 0.15) is 5.75 Å². The summed E-state index contributed by atoms with van der Waals surface area (Å²) in [6, 6.07) is 17.9. The number of hydrogen-bond acceptors (Lipinski definition) is 2. The van der Waals surface area contributed by atoms with Crippen molar-refractivity contribution in [1.29, 1.82) is 0 Å². The van der Waals surface area contributed by atoms with Gasteiger partial charge in [-0.05, 0) is 36.1 Å². The molecular formula is C19H22BrNO2. The number of ether oxygens (including phenoxy) is 1. The number of nitrogens with one attached hydrogen (secondary N) is 1. The molecule has 1 amide bonds. The Hall–Kier alpha value is -1.81. The molecule has 2 aromatic carbocycles. The van der Waals surface area contributed by atoms with Gasteiger partial charge in [0, 0.05) is 17.4 Å². The molecule has 2 rings (SSSR count). The van der Waals surface area contributed by atoms with Crippen molar-refractivity contribution in [2.24, 2.45) is 0 Å². The van der Waals surface area contributed by atoms with Crippen molar-refractivity contribution in [3.63, 3.8) is 0 Å². The molecule has 2 aromatic rings. The minimum Gasteiger partial charge on any atom is -0.494 e. The van der Waals surface area contributed by atoms with Crippen molar-refractivity contribution in [3.8, 4) is 5.75 Å². The summed E-state index contributed by atoms with van der Waals surface area (Å²) < 4.78 is 6.61. The van der Waals surface area contributed by atoms with E-state index in [1.807, 2.05) is 42.5 Å². The van der Waals surface area contributed by atoms with E-state index in [0.29, 0.717) is 31.9 Å². The number of rotatable bonds is 8. The Morgan fingerprint density at radius 2 is 1.96 bits per heavy atom. The molecule has 1 N–H and O–H groups in total. The van der Waals surface area contributed by atoms with Gasteiger partial charge in [0.25, 0.3) is 0 Å². The molecule has 0 aliphatic rings. The van der Waals surface area contributed by atoms with Crippen molar-refractivity contribution >= 4 is 21.8 Å². The van der Waals surface area contributed by atoms with Gasteiger partial charge in [-0.1, -0.05) is 59.3 Å². The molecule has 1 unspecified atom stereocenters. The Balaban J connectivity index is 1.62. The Kier molecular flexibility index (Phi) is 7.14. The molecule has 0 aliphatic carbocycles. The number of amides is 1. The van der Waals surface area contributed by atoms with Crippen molar-refractivity contribution in [2.45, 2.75) is 25.7 Å². The van der Waals surface area contributed by atoms with Gasteiger partial charge in [0.15, 0.2) is 0 Å². The monoisotopic (exact) mass is 375 g/mol. The van der Waals surface area contributed by atoms with Crippen LogP contribution in [0.3, 0.4) is 0 Å². The highest BCUT2D eigenvalue weighted by molar-refractivity contribution is 9.10. The van der Waals surface area contributed by atoms with Crippen LogP contribution in [0, 0.1) is 0 Å². The van der Waals surface area contributed by atoms with Crippen molar-refractivity contribution in [3.05, 3.63) is 64.6 Å². The second-order valence-corrected chi connectivity index (χ2v) is 6.44. The molecule has 0 radical (unpaired) electrons. The van der Waals surface area contributed by atoms with Crippen LogP contribution in [0.5, 0.6) is 5.75 Å². The summed E-state index contributed by atoms with van der Waals surface area (Å²) in [5.41, 5.74) is 1.24. The van der Waals surface area contributed by atoms with Crippen molar-refractivity contribution in [1.82, 2.24) is 5.32 Å². The highest BCUT2D eigenvalue weighted by Gasteiger charge is 2.07. The highest BCUT2D eigenvalue weighted by atomic mass is 79.9. The van der Waals surface area contributed by atoms with Crippen LogP contribution in [-0.4, -0.2) is 19.1 Å². The van der Waals surface area contributed by atoms with Gasteiger partial charge in [0.2, 0.25) is 5.91 Å².